The van der Waals surface area contributed by atoms with Gasteiger partial charge in [-0.2, -0.15) is 0 Å². The van der Waals surface area contributed by atoms with Crippen molar-refractivity contribution in [3.63, 3.8) is 0 Å². The molecule has 0 radical (unpaired) electrons. The van der Waals surface area contributed by atoms with E-state index in [0.29, 0.717) is 13.0 Å². The minimum atomic E-state index is -3.00. The largest absolute Gasteiger partial charge is 0.464 e. The number of rotatable bonds is 4. The van der Waals surface area contributed by atoms with E-state index >= 15 is 0 Å². The van der Waals surface area contributed by atoms with Gasteiger partial charge in [-0.15, -0.1) is 0 Å². The van der Waals surface area contributed by atoms with Gasteiger partial charge >= 0.3 is 0 Å². The van der Waals surface area contributed by atoms with Crippen molar-refractivity contribution in [3.8, 4) is 0 Å². The number of aryl methyl sites for hydroxylation is 2. The standard InChI is InChI=1S/C19H23NO4S/c1-2-20(16-6-7-25(22,23)12-16)19(21)10-15-11-24-18-9-14-5-3-4-13(14)8-17(15)18/h8-9,11,16H,2-7,10,12H2,1H3. The van der Waals surface area contributed by atoms with Gasteiger partial charge in [0.1, 0.15) is 5.58 Å². The number of fused-ring (bicyclic) bond motifs is 2. The fraction of sp³-hybridized carbons (Fsp3) is 0.526. The van der Waals surface area contributed by atoms with Crippen LogP contribution in [0.2, 0.25) is 0 Å². The summed E-state index contributed by atoms with van der Waals surface area (Å²) < 4.78 is 29.1. The van der Waals surface area contributed by atoms with Crippen LogP contribution in [0.15, 0.2) is 22.8 Å². The summed E-state index contributed by atoms with van der Waals surface area (Å²) in [6.45, 7) is 2.44. The lowest BCUT2D eigenvalue weighted by atomic mass is 10.0. The zero-order chi connectivity index (χ0) is 17.6. The third-order valence-corrected chi connectivity index (χ3v) is 7.27. The monoisotopic (exact) mass is 361 g/mol. The summed E-state index contributed by atoms with van der Waals surface area (Å²) in [6, 6.07) is 4.08. The number of furan rings is 1. The number of likely N-dealkylation sites (N-methyl/N-ethyl adjacent to an activating group) is 1. The smallest absolute Gasteiger partial charge is 0.227 e. The molecule has 2 aliphatic rings. The van der Waals surface area contributed by atoms with Crippen LogP contribution in [0.4, 0.5) is 0 Å². The van der Waals surface area contributed by atoms with Gasteiger partial charge in [-0.05, 0) is 55.9 Å². The van der Waals surface area contributed by atoms with E-state index in [-0.39, 0.29) is 29.9 Å². The fourth-order valence-electron chi connectivity index (χ4n) is 4.21. The SMILES string of the molecule is CCN(C(=O)Cc1coc2cc3c(cc12)CCC3)C1CCS(=O)(=O)C1. The average molecular weight is 361 g/mol. The van der Waals surface area contributed by atoms with Crippen LogP contribution < -0.4 is 0 Å². The van der Waals surface area contributed by atoms with E-state index in [0.717, 1.165) is 29.4 Å². The van der Waals surface area contributed by atoms with Crippen molar-refractivity contribution in [3.05, 3.63) is 35.1 Å². The molecule has 1 fully saturated rings. The minimum absolute atomic E-state index is 0.0206. The molecule has 1 unspecified atom stereocenters. The predicted octanol–water partition coefficient (Wildman–Crippen LogP) is 2.50. The van der Waals surface area contributed by atoms with Gasteiger partial charge in [-0.25, -0.2) is 8.42 Å². The first-order chi connectivity index (χ1) is 12.0. The molecule has 2 aromatic rings. The molecular weight excluding hydrogens is 338 g/mol. The first kappa shape index (κ1) is 16.6. The molecule has 1 aromatic carbocycles. The van der Waals surface area contributed by atoms with Gasteiger partial charge in [-0.1, -0.05) is 0 Å². The number of carbonyl (C=O) groups excluding carboxylic acids is 1. The molecule has 1 aliphatic heterocycles. The van der Waals surface area contributed by atoms with Crippen LogP contribution in [-0.2, 0) is 33.9 Å². The molecule has 0 spiro atoms. The Kier molecular flexibility index (Phi) is 4.10. The van der Waals surface area contributed by atoms with Crippen molar-refractivity contribution < 1.29 is 17.6 Å². The molecule has 4 rings (SSSR count). The first-order valence-corrected chi connectivity index (χ1v) is 10.8. The molecule has 1 saturated heterocycles. The van der Waals surface area contributed by atoms with Crippen LogP contribution in [-0.4, -0.2) is 43.3 Å². The first-order valence-electron chi connectivity index (χ1n) is 8.98. The maximum atomic E-state index is 12.8. The lowest BCUT2D eigenvalue weighted by molar-refractivity contribution is -0.132. The van der Waals surface area contributed by atoms with Crippen molar-refractivity contribution in [1.82, 2.24) is 4.90 Å². The van der Waals surface area contributed by atoms with E-state index in [9.17, 15) is 13.2 Å². The number of amides is 1. The topological polar surface area (TPSA) is 67.6 Å². The number of hydrogen-bond donors (Lipinski definition) is 0. The molecule has 2 heterocycles. The molecule has 1 aromatic heterocycles. The van der Waals surface area contributed by atoms with Crippen molar-refractivity contribution >= 4 is 26.7 Å². The lowest BCUT2D eigenvalue weighted by Gasteiger charge is -2.26. The highest BCUT2D eigenvalue weighted by molar-refractivity contribution is 7.91. The van der Waals surface area contributed by atoms with Crippen LogP contribution in [0.5, 0.6) is 0 Å². The maximum absolute atomic E-state index is 12.8. The predicted molar refractivity (Wildman–Crippen MR) is 96.4 cm³/mol. The molecule has 1 atom stereocenters. The normalized spacial score (nSPS) is 21.6. The van der Waals surface area contributed by atoms with Crippen molar-refractivity contribution in [2.75, 3.05) is 18.1 Å². The summed E-state index contributed by atoms with van der Waals surface area (Å²) in [5.41, 5.74) is 4.45. The molecule has 0 saturated carbocycles. The summed E-state index contributed by atoms with van der Waals surface area (Å²) in [4.78, 5) is 14.5. The van der Waals surface area contributed by atoms with Gasteiger partial charge in [0.25, 0.3) is 0 Å². The lowest BCUT2D eigenvalue weighted by Crippen LogP contribution is -2.41. The molecule has 6 heteroatoms. The quantitative estimate of drug-likeness (QED) is 0.839. The van der Waals surface area contributed by atoms with Gasteiger partial charge in [0, 0.05) is 23.5 Å². The summed E-state index contributed by atoms with van der Waals surface area (Å²) in [6.07, 6.45) is 5.84. The van der Waals surface area contributed by atoms with E-state index < -0.39 is 9.84 Å². The fourth-order valence-corrected chi connectivity index (χ4v) is 5.94. The minimum Gasteiger partial charge on any atom is -0.464 e. The van der Waals surface area contributed by atoms with Crippen LogP contribution >= 0.6 is 0 Å². The van der Waals surface area contributed by atoms with E-state index in [1.54, 1.807) is 11.2 Å². The third kappa shape index (κ3) is 3.08. The Morgan fingerprint density at radius 2 is 2.04 bits per heavy atom. The van der Waals surface area contributed by atoms with Crippen LogP contribution in [0, 0.1) is 0 Å². The Morgan fingerprint density at radius 1 is 1.28 bits per heavy atom. The molecule has 0 N–H and O–H groups in total. The molecule has 5 nitrogen and oxygen atoms in total. The van der Waals surface area contributed by atoms with E-state index in [1.165, 1.54) is 17.5 Å². The van der Waals surface area contributed by atoms with Gasteiger partial charge in [0.05, 0.1) is 24.2 Å². The highest BCUT2D eigenvalue weighted by Gasteiger charge is 2.34. The Balaban J connectivity index is 1.57. The Labute approximate surface area is 147 Å². The second-order valence-electron chi connectivity index (χ2n) is 7.14. The van der Waals surface area contributed by atoms with Gasteiger partial charge in [0.15, 0.2) is 9.84 Å². The van der Waals surface area contributed by atoms with Crippen molar-refractivity contribution in [2.45, 2.75) is 45.1 Å². The highest BCUT2D eigenvalue weighted by atomic mass is 32.2. The Hall–Kier alpha value is -1.82. The molecule has 25 heavy (non-hydrogen) atoms. The van der Waals surface area contributed by atoms with E-state index in [1.807, 2.05) is 6.92 Å². The summed E-state index contributed by atoms with van der Waals surface area (Å²) in [5.74, 6) is 0.252. The molecule has 1 amide bonds. The van der Waals surface area contributed by atoms with Crippen LogP contribution in [0.1, 0.15) is 36.5 Å². The van der Waals surface area contributed by atoms with Crippen LogP contribution in [0.3, 0.4) is 0 Å². The number of sulfone groups is 1. The van der Waals surface area contributed by atoms with E-state index in [4.69, 9.17) is 4.42 Å². The molecule has 0 bridgehead atoms. The Morgan fingerprint density at radius 3 is 2.72 bits per heavy atom. The van der Waals surface area contributed by atoms with Gasteiger partial charge in [0.2, 0.25) is 5.91 Å². The molecular formula is C19H23NO4S. The average Bonchev–Trinajstić information content (AvgIpc) is 3.25. The zero-order valence-corrected chi connectivity index (χ0v) is 15.3. The Bertz CT molecular complexity index is 928. The van der Waals surface area contributed by atoms with Crippen LogP contribution in [0.25, 0.3) is 11.0 Å². The third-order valence-electron chi connectivity index (χ3n) is 5.52. The number of nitrogens with zero attached hydrogens (tertiary/aromatic N) is 1. The van der Waals surface area contributed by atoms with Crippen molar-refractivity contribution in [2.24, 2.45) is 0 Å². The van der Waals surface area contributed by atoms with Gasteiger partial charge in [-0.3, -0.25) is 4.79 Å². The van der Waals surface area contributed by atoms with E-state index in [2.05, 4.69) is 12.1 Å². The summed E-state index contributed by atoms with van der Waals surface area (Å²) >= 11 is 0. The number of benzene rings is 1. The molecule has 134 valence electrons. The summed E-state index contributed by atoms with van der Waals surface area (Å²) in [7, 11) is -3.00. The van der Waals surface area contributed by atoms with Gasteiger partial charge < -0.3 is 9.32 Å². The molecule has 1 aliphatic carbocycles. The number of carbonyl (C=O) groups is 1. The second kappa shape index (κ2) is 6.16. The highest BCUT2D eigenvalue weighted by Crippen LogP contribution is 2.31. The maximum Gasteiger partial charge on any atom is 0.227 e. The van der Waals surface area contributed by atoms with Crippen molar-refractivity contribution in [1.29, 1.82) is 0 Å². The zero-order valence-electron chi connectivity index (χ0n) is 14.5. The second-order valence-corrected chi connectivity index (χ2v) is 9.37. The number of hydrogen-bond acceptors (Lipinski definition) is 4. The summed E-state index contributed by atoms with van der Waals surface area (Å²) in [5, 5.41) is 1.02.